The van der Waals surface area contributed by atoms with Crippen LogP contribution < -0.4 is 10.6 Å². The first-order valence-corrected chi connectivity index (χ1v) is 9.80. The molecule has 0 radical (unpaired) electrons. The molecular formula is C22H18ClFN4O2. The summed E-state index contributed by atoms with van der Waals surface area (Å²) in [6, 6.07) is 12.1. The third kappa shape index (κ3) is 4.16. The lowest BCUT2D eigenvalue weighted by Gasteiger charge is -2.42. The normalized spacial score (nSPS) is 14.5. The van der Waals surface area contributed by atoms with E-state index in [1.165, 1.54) is 36.7 Å². The Morgan fingerprint density at radius 1 is 0.967 bits per heavy atom. The fourth-order valence-electron chi connectivity index (χ4n) is 3.36. The van der Waals surface area contributed by atoms with E-state index in [2.05, 4.69) is 20.6 Å². The fourth-order valence-corrected chi connectivity index (χ4v) is 3.47. The van der Waals surface area contributed by atoms with Gasteiger partial charge in [0, 0.05) is 11.8 Å². The molecule has 1 aromatic carbocycles. The number of carbonyl (C=O) groups is 2. The standard InChI is InChI=1S/C22H18ClFN4O2/c23-19-8-5-15(12-26-19)21(30)28-22(9-2-10-22)18-7-6-17(13-25-18)27-20(29)14-3-1-4-16(24)11-14/h1,3-8,11-13H,2,9-10H2,(H,27,29)(H,28,30). The first-order chi connectivity index (χ1) is 14.4. The average molecular weight is 425 g/mol. The van der Waals surface area contributed by atoms with Gasteiger partial charge in [0.2, 0.25) is 0 Å². The van der Waals surface area contributed by atoms with Gasteiger partial charge in [0.15, 0.2) is 0 Å². The topological polar surface area (TPSA) is 84.0 Å². The van der Waals surface area contributed by atoms with Crippen LogP contribution in [-0.4, -0.2) is 21.8 Å². The summed E-state index contributed by atoms with van der Waals surface area (Å²) >= 11 is 5.78. The minimum Gasteiger partial charge on any atom is -0.341 e. The smallest absolute Gasteiger partial charge is 0.255 e. The van der Waals surface area contributed by atoms with Crippen LogP contribution in [0.2, 0.25) is 5.15 Å². The van der Waals surface area contributed by atoms with Crippen LogP contribution in [0.3, 0.4) is 0 Å². The number of anilines is 1. The number of nitrogens with one attached hydrogen (secondary N) is 2. The highest BCUT2D eigenvalue weighted by Gasteiger charge is 2.41. The molecule has 1 aliphatic carbocycles. The third-order valence-corrected chi connectivity index (χ3v) is 5.37. The Hall–Kier alpha value is -3.32. The molecule has 2 aromatic heterocycles. The largest absolute Gasteiger partial charge is 0.341 e. The third-order valence-electron chi connectivity index (χ3n) is 5.15. The van der Waals surface area contributed by atoms with E-state index in [1.807, 2.05) is 0 Å². The zero-order chi connectivity index (χ0) is 21.1. The molecule has 2 heterocycles. The lowest BCUT2D eigenvalue weighted by molar-refractivity contribution is 0.0816. The minimum absolute atomic E-state index is 0.221. The maximum Gasteiger partial charge on any atom is 0.255 e. The van der Waals surface area contributed by atoms with E-state index in [4.69, 9.17) is 11.6 Å². The Labute approximate surface area is 177 Å². The highest BCUT2D eigenvalue weighted by atomic mass is 35.5. The maximum atomic E-state index is 13.3. The molecular weight excluding hydrogens is 407 g/mol. The van der Waals surface area contributed by atoms with Gasteiger partial charge in [0.1, 0.15) is 11.0 Å². The molecule has 152 valence electrons. The van der Waals surface area contributed by atoms with Gasteiger partial charge in [-0.2, -0.15) is 0 Å². The predicted molar refractivity (Wildman–Crippen MR) is 111 cm³/mol. The van der Waals surface area contributed by atoms with E-state index in [0.717, 1.165) is 19.3 Å². The van der Waals surface area contributed by atoms with Crippen LogP contribution in [0.1, 0.15) is 45.7 Å². The molecule has 3 aromatic rings. The van der Waals surface area contributed by atoms with Crippen molar-refractivity contribution < 1.29 is 14.0 Å². The maximum absolute atomic E-state index is 13.3. The molecule has 1 saturated carbocycles. The number of benzene rings is 1. The molecule has 1 aliphatic rings. The van der Waals surface area contributed by atoms with Crippen LogP contribution in [0.25, 0.3) is 0 Å². The van der Waals surface area contributed by atoms with E-state index >= 15 is 0 Å². The van der Waals surface area contributed by atoms with Crippen molar-refractivity contribution in [1.29, 1.82) is 0 Å². The summed E-state index contributed by atoms with van der Waals surface area (Å²) in [4.78, 5) is 33.3. The first kappa shape index (κ1) is 20.0. The molecule has 1 fully saturated rings. The summed E-state index contributed by atoms with van der Waals surface area (Å²) < 4.78 is 13.3. The van der Waals surface area contributed by atoms with Crippen molar-refractivity contribution >= 4 is 29.1 Å². The summed E-state index contributed by atoms with van der Waals surface area (Å²) in [5.41, 5.74) is 1.29. The van der Waals surface area contributed by atoms with E-state index in [1.54, 1.807) is 24.3 Å². The molecule has 0 saturated heterocycles. The lowest BCUT2D eigenvalue weighted by atomic mass is 9.74. The van der Waals surface area contributed by atoms with Crippen LogP contribution >= 0.6 is 11.6 Å². The van der Waals surface area contributed by atoms with E-state index in [0.29, 0.717) is 22.1 Å². The van der Waals surface area contributed by atoms with Crippen LogP contribution in [0.15, 0.2) is 60.9 Å². The van der Waals surface area contributed by atoms with Gasteiger partial charge in [-0.3, -0.25) is 14.6 Å². The van der Waals surface area contributed by atoms with Gasteiger partial charge in [0.05, 0.1) is 28.7 Å². The Balaban J connectivity index is 1.47. The Bertz CT molecular complexity index is 1080. The molecule has 4 rings (SSSR count). The van der Waals surface area contributed by atoms with Gasteiger partial charge in [0.25, 0.3) is 11.8 Å². The van der Waals surface area contributed by atoms with Crippen LogP contribution in [0.5, 0.6) is 0 Å². The molecule has 0 atom stereocenters. The molecule has 0 spiro atoms. The number of rotatable bonds is 5. The number of nitrogens with zero attached hydrogens (tertiary/aromatic N) is 2. The van der Waals surface area contributed by atoms with Crippen LogP contribution in [-0.2, 0) is 5.54 Å². The van der Waals surface area contributed by atoms with Gasteiger partial charge >= 0.3 is 0 Å². The number of hydrogen-bond donors (Lipinski definition) is 2. The average Bonchev–Trinajstić information content (AvgIpc) is 2.72. The zero-order valence-electron chi connectivity index (χ0n) is 15.9. The van der Waals surface area contributed by atoms with Gasteiger partial charge < -0.3 is 10.6 Å². The minimum atomic E-state index is -0.554. The van der Waals surface area contributed by atoms with Crippen molar-refractivity contribution in [3.05, 3.63) is 88.7 Å². The van der Waals surface area contributed by atoms with Crippen molar-refractivity contribution in [2.75, 3.05) is 5.32 Å². The van der Waals surface area contributed by atoms with Crippen molar-refractivity contribution in [2.24, 2.45) is 0 Å². The van der Waals surface area contributed by atoms with E-state index in [-0.39, 0.29) is 11.5 Å². The number of hydrogen-bond acceptors (Lipinski definition) is 4. The Morgan fingerprint density at radius 3 is 2.40 bits per heavy atom. The molecule has 0 unspecified atom stereocenters. The second-order valence-corrected chi connectivity index (χ2v) is 7.54. The quantitative estimate of drug-likeness (QED) is 0.597. The number of halogens is 2. The molecule has 8 heteroatoms. The Morgan fingerprint density at radius 2 is 1.80 bits per heavy atom. The number of carbonyl (C=O) groups excluding carboxylic acids is 2. The van der Waals surface area contributed by atoms with E-state index < -0.39 is 17.3 Å². The van der Waals surface area contributed by atoms with Crippen molar-refractivity contribution in [3.8, 4) is 0 Å². The molecule has 0 bridgehead atoms. The predicted octanol–water partition coefficient (Wildman–Crippen LogP) is 4.33. The number of aromatic nitrogens is 2. The monoisotopic (exact) mass is 424 g/mol. The second-order valence-electron chi connectivity index (χ2n) is 7.16. The first-order valence-electron chi connectivity index (χ1n) is 9.43. The second kappa shape index (κ2) is 8.20. The van der Waals surface area contributed by atoms with Crippen LogP contribution in [0.4, 0.5) is 10.1 Å². The summed E-state index contributed by atoms with van der Waals surface area (Å²) in [6.45, 7) is 0. The SMILES string of the molecule is O=C(Nc1ccc(C2(NC(=O)c3ccc(Cl)nc3)CCC2)nc1)c1cccc(F)c1. The summed E-state index contributed by atoms with van der Waals surface area (Å²) in [5.74, 6) is -1.15. The highest BCUT2D eigenvalue weighted by molar-refractivity contribution is 6.29. The van der Waals surface area contributed by atoms with Gasteiger partial charge in [-0.05, 0) is 61.7 Å². The lowest BCUT2D eigenvalue weighted by Crippen LogP contribution is -2.51. The van der Waals surface area contributed by atoms with Gasteiger partial charge in [-0.15, -0.1) is 0 Å². The van der Waals surface area contributed by atoms with Gasteiger partial charge in [-0.25, -0.2) is 9.37 Å². The summed E-state index contributed by atoms with van der Waals surface area (Å²) in [7, 11) is 0. The van der Waals surface area contributed by atoms with Crippen LogP contribution in [0, 0.1) is 5.82 Å². The molecule has 0 aliphatic heterocycles. The molecule has 2 N–H and O–H groups in total. The number of amides is 2. The summed E-state index contributed by atoms with van der Waals surface area (Å²) in [5, 5.41) is 6.08. The summed E-state index contributed by atoms with van der Waals surface area (Å²) in [6.07, 6.45) is 5.47. The van der Waals surface area contributed by atoms with E-state index in [9.17, 15) is 14.0 Å². The molecule has 6 nitrogen and oxygen atoms in total. The molecule has 2 amide bonds. The van der Waals surface area contributed by atoms with Crippen molar-refractivity contribution in [1.82, 2.24) is 15.3 Å². The zero-order valence-corrected chi connectivity index (χ0v) is 16.6. The molecule has 30 heavy (non-hydrogen) atoms. The number of pyridine rings is 2. The Kier molecular flexibility index (Phi) is 5.46. The van der Waals surface area contributed by atoms with Crippen molar-refractivity contribution in [3.63, 3.8) is 0 Å². The highest BCUT2D eigenvalue weighted by Crippen LogP contribution is 2.40. The van der Waals surface area contributed by atoms with Gasteiger partial charge in [-0.1, -0.05) is 17.7 Å². The fraction of sp³-hybridized carbons (Fsp3) is 0.182. The van der Waals surface area contributed by atoms with Crippen molar-refractivity contribution in [2.45, 2.75) is 24.8 Å².